The van der Waals surface area contributed by atoms with Crippen molar-refractivity contribution in [1.29, 1.82) is 0 Å². The molecule has 0 atom stereocenters. The van der Waals surface area contributed by atoms with Crippen LogP contribution in [0.1, 0.15) is 21.6 Å². The zero-order chi connectivity index (χ0) is 20.0. The summed E-state index contributed by atoms with van der Waals surface area (Å²) in [6.07, 6.45) is 1.95. The normalized spacial score (nSPS) is 15.1. The van der Waals surface area contributed by atoms with Crippen LogP contribution in [0.5, 0.6) is 0 Å². The lowest BCUT2D eigenvalue weighted by Gasteiger charge is -2.29. The van der Waals surface area contributed by atoms with Crippen molar-refractivity contribution in [2.45, 2.75) is 6.42 Å². The first kappa shape index (κ1) is 17.8. The second-order valence-electron chi connectivity index (χ2n) is 7.28. The van der Waals surface area contributed by atoms with E-state index in [1.165, 1.54) is 12.3 Å². The van der Waals surface area contributed by atoms with E-state index in [-0.39, 0.29) is 11.5 Å². The molecule has 1 aliphatic heterocycles. The Balaban J connectivity index is 1.67. The fourth-order valence-electron chi connectivity index (χ4n) is 4.28. The average molecular weight is 390 g/mol. The number of carboxylic acids is 1. The Morgan fingerprint density at radius 3 is 2.62 bits per heavy atom. The lowest BCUT2D eigenvalue weighted by Crippen LogP contribution is -2.36. The van der Waals surface area contributed by atoms with Crippen molar-refractivity contribution in [2.75, 3.05) is 31.2 Å². The van der Waals surface area contributed by atoms with Crippen LogP contribution in [0.2, 0.25) is 0 Å². The standard InChI is InChI=1S/C23H19FN2O3/c24-20-4-2-1-3-17(20)19-13-25-22(23(27)28)18-12-14-11-15(5-6-16(14)21(18)19)26-7-9-29-10-8-26/h1-6,11,13H,7-10,12H2,(H,27,28). The first-order chi connectivity index (χ1) is 14.1. The molecule has 2 heterocycles. The Kier molecular flexibility index (Phi) is 4.28. The summed E-state index contributed by atoms with van der Waals surface area (Å²) in [5, 5.41) is 9.64. The van der Waals surface area contributed by atoms with Crippen molar-refractivity contribution in [1.82, 2.24) is 4.98 Å². The number of morpholine rings is 1. The smallest absolute Gasteiger partial charge is 0.354 e. The molecule has 5 nitrogen and oxygen atoms in total. The largest absolute Gasteiger partial charge is 0.477 e. The fourth-order valence-corrected chi connectivity index (χ4v) is 4.28. The molecule has 1 aromatic heterocycles. The highest BCUT2D eigenvalue weighted by atomic mass is 19.1. The van der Waals surface area contributed by atoms with Crippen LogP contribution in [0.4, 0.5) is 10.1 Å². The number of pyridine rings is 1. The van der Waals surface area contributed by atoms with Gasteiger partial charge in [0, 0.05) is 42.5 Å². The predicted molar refractivity (Wildman–Crippen MR) is 108 cm³/mol. The number of carbonyl (C=O) groups is 1. The number of aromatic nitrogens is 1. The van der Waals surface area contributed by atoms with Gasteiger partial charge < -0.3 is 14.7 Å². The highest BCUT2D eigenvalue weighted by Gasteiger charge is 2.29. The van der Waals surface area contributed by atoms with E-state index in [4.69, 9.17) is 4.74 Å². The molecule has 29 heavy (non-hydrogen) atoms. The Morgan fingerprint density at radius 2 is 1.86 bits per heavy atom. The van der Waals surface area contributed by atoms with Gasteiger partial charge in [-0.2, -0.15) is 0 Å². The van der Waals surface area contributed by atoms with Crippen LogP contribution in [0.15, 0.2) is 48.7 Å². The Bertz CT molecular complexity index is 1120. The lowest BCUT2D eigenvalue weighted by molar-refractivity contribution is 0.0689. The molecule has 1 fully saturated rings. The van der Waals surface area contributed by atoms with E-state index in [0.29, 0.717) is 36.3 Å². The molecule has 0 spiro atoms. The summed E-state index contributed by atoms with van der Waals surface area (Å²) >= 11 is 0. The summed E-state index contributed by atoms with van der Waals surface area (Å²) in [6, 6.07) is 12.7. The predicted octanol–water partition coefficient (Wildman–Crippen LogP) is 3.99. The molecule has 0 amide bonds. The minimum absolute atomic E-state index is 0.0317. The number of halogens is 1. The van der Waals surface area contributed by atoms with E-state index in [1.54, 1.807) is 18.2 Å². The van der Waals surface area contributed by atoms with Crippen molar-refractivity contribution >= 4 is 11.7 Å². The van der Waals surface area contributed by atoms with Crippen LogP contribution in [-0.4, -0.2) is 42.4 Å². The Labute approximate surface area is 167 Å². The maximum Gasteiger partial charge on any atom is 0.354 e. The SMILES string of the molecule is O=C(O)c1ncc(-c2ccccc2F)c2c1Cc1cc(N3CCOCC3)ccc1-2. The van der Waals surface area contributed by atoms with E-state index in [1.807, 2.05) is 12.1 Å². The minimum Gasteiger partial charge on any atom is -0.477 e. The van der Waals surface area contributed by atoms with E-state index in [0.717, 1.165) is 35.5 Å². The van der Waals surface area contributed by atoms with Gasteiger partial charge in [0.1, 0.15) is 5.82 Å². The van der Waals surface area contributed by atoms with Crippen molar-refractivity contribution < 1.29 is 19.0 Å². The minimum atomic E-state index is -1.07. The molecule has 146 valence electrons. The maximum atomic E-state index is 14.5. The molecule has 0 unspecified atom stereocenters. The molecule has 2 aliphatic rings. The zero-order valence-corrected chi connectivity index (χ0v) is 15.7. The molecular weight excluding hydrogens is 371 g/mol. The summed E-state index contributed by atoms with van der Waals surface area (Å²) in [4.78, 5) is 18.2. The lowest BCUT2D eigenvalue weighted by atomic mass is 9.94. The number of aromatic carboxylic acids is 1. The van der Waals surface area contributed by atoms with Crippen LogP contribution in [-0.2, 0) is 11.2 Å². The molecule has 1 N–H and O–H groups in total. The Hall–Kier alpha value is -3.25. The van der Waals surface area contributed by atoms with Crippen molar-refractivity contribution in [3.05, 3.63) is 71.3 Å². The summed E-state index contributed by atoms with van der Waals surface area (Å²) < 4.78 is 20.0. The van der Waals surface area contributed by atoms with Crippen LogP contribution in [0.3, 0.4) is 0 Å². The van der Waals surface area contributed by atoms with Crippen LogP contribution in [0, 0.1) is 5.82 Å². The van der Waals surface area contributed by atoms with Crippen molar-refractivity contribution in [2.24, 2.45) is 0 Å². The van der Waals surface area contributed by atoms with E-state index < -0.39 is 5.97 Å². The van der Waals surface area contributed by atoms with Crippen molar-refractivity contribution in [3.8, 4) is 22.3 Å². The van der Waals surface area contributed by atoms with Crippen LogP contribution < -0.4 is 4.90 Å². The van der Waals surface area contributed by atoms with Crippen molar-refractivity contribution in [3.63, 3.8) is 0 Å². The number of rotatable bonds is 3. The molecule has 0 bridgehead atoms. The third kappa shape index (κ3) is 2.96. The number of hydrogen-bond acceptors (Lipinski definition) is 4. The Morgan fingerprint density at radius 1 is 1.07 bits per heavy atom. The molecule has 2 aromatic carbocycles. The average Bonchev–Trinajstić information content (AvgIpc) is 3.13. The topological polar surface area (TPSA) is 62.7 Å². The van der Waals surface area contributed by atoms with E-state index >= 15 is 0 Å². The molecule has 0 saturated carbocycles. The second kappa shape index (κ2) is 6.97. The third-order valence-corrected chi connectivity index (χ3v) is 5.65. The number of hydrogen-bond donors (Lipinski definition) is 1. The van der Waals surface area contributed by atoms with Gasteiger partial charge in [-0.05, 0) is 40.5 Å². The number of ether oxygens (including phenoxy) is 1. The molecule has 3 aromatic rings. The van der Waals surface area contributed by atoms with Gasteiger partial charge in [0.25, 0.3) is 0 Å². The van der Waals surface area contributed by atoms with Gasteiger partial charge in [0.05, 0.1) is 13.2 Å². The molecular formula is C23H19FN2O3. The van der Waals surface area contributed by atoms with Gasteiger partial charge in [0.15, 0.2) is 5.69 Å². The fraction of sp³-hybridized carbons (Fsp3) is 0.217. The molecule has 6 heteroatoms. The monoisotopic (exact) mass is 390 g/mol. The van der Waals surface area contributed by atoms with Crippen LogP contribution >= 0.6 is 0 Å². The number of anilines is 1. The van der Waals surface area contributed by atoms with Gasteiger partial charge in [-0.3, -0.25) is 0 Å². The summed E-state index contributed by atoms with van der Waals surface area (Å²) in [6.45, 7) is 3.05. The van der Waals surface area contributed by atoms with Gasteiger partial charge in [-0.1, -0.05) is 24.3 Å². The zero-order valence-electron chi connectivity index (χ0n) is 15.7. The van der Waals surface area contributed by atoms with Gasteiger partial charge in [0.2, 0.25) is 0 Å². The summed E-state index contributed by atoms with van der Waals surface area (Å²) in [5.74, 6) is -1.42. The van der Waals surface area contributed by atoms with Gasteiger partial charge in [-0.15, -0.1) is 0 Å². The molecule has 0 radical (unpaired) electrons. The highest BCUT2D eigenvalue weighted by Crippen LogP contribution is 2.45. The highest BCUT2D eigenvalue weighted by molar-refractivity contribution is 5.97. The van der Waals surface area contributed by atoms with E-state index in [9.17, 15) is 14.3 Å². The second-order valence-corrected chi connectivity index (χ2v) is 7.28. The number of fused-ring (bicyclic) bond motifs is 3. The number of benzene rings is 2. The molecule has 1 aliphatic carbocycles. The molecule has 1 saturated heterocycles. The van der Waals surface area contributed by atoms with Gasteiger partial charge >= 0.3 is 5.97 Å². The summed E-state index contributed by atoms with van der Waals surface area (Å²) in [5.41, 5.74) is 5.58. The van der Waals surface area contributed by atoms with Gasteiger partial charge in [-0.25, -0.2) is 14.2 Å². The third-order valence-electron chi connectivity index (χ3n) is 5.65. The number of nitrogens with zero attached hydrogens (tertiary/aromatic N) is 2. The molecule has 5 rings (SSSR count). The van der Waals surface area contributed by atoms with Crippen LogP contribution in [0.25, 0.3) is 22.3 Å². The summed E-state index contributed by atoms with van der Waals surface area (Å²) in [7, 11) is 0. The number of carboxylic acid groups (broad SMARTS) is 1. The first-order valence-corrected chi connectivity index (χ1v) is 9.59. The first-order valence-electron chi connectivity index (χ1n) is 9.59. The van der Waals surface area contributed by atoms with E-state index in [2.05, 4.69) is 16.0 Å². The maximum absolute atomic E-state index is 14.5. The quantitative estimate of drug-likeness (QED) is 0.573.